The fourth-order valence-corrected chi connectivity index (χ4v) is 1.93. The van der Waals surface area contributed by atoms with Gasteiger partial charge in [-0.1, -0.05) is 13.3 Å². The highest BCUT2D eigenvalue weighted by molar-refractivity contribution is 6.69. The third kappa shape index (κ3) is 8.38. The average Bonchev–Trinajstić information content (AvgIpc) is 2.15. The zero-order valence-electron chi connectivity index (χ0n) is 12.3. The molecule has 0 atom stereocenters. The first-order chi connectivity index (χ1) is 7.69. The number of unbranched alkanes of at least 4 members (excludes halogenated alkanes) is 1. The van der Waals surface area contributed by atoms with Crippen LogP contribution in [0.1, 0.15) is 40.0 Å². The Morgan fingerprint density at radius 2 is 1.76 bits per heavy atom. The summed E-state index contributed by atoms with van der Waals surface area (Å²) in [5.74, 6) is -0.106. The summed E-state index contributed by atoms with van der Waals surface area (Å²) in [7, 11) is -1.48. The summed E-state index contributed by atoms with van der Waals surface area (Å²) < 4.78 is 11.0. The van der Waals surface area contributed by atoms with Gasteiger partial charge in [0.15, 0.2) is 8.32 Å². The van der Waals surface area contributed by atoms with Crippen LogP contribution in [0.3, 0.4) is 0 Å². The van der Waals surface area contributed by atoms with Crippen LogP contribution in [-0.4, -0.2) is 27.5 Å². The van der Waals surface area contributed by atoms with Crippen molar-refractivity contribution in [3.05, 3.63) is 0 Å². The average molecular weight is 260 g/mol. The van der Waals surface area contributed by atoms with Gasteiger partial charge in [-0.3, -0.25) is 4.79 Å². The fraction of sp³-hybridized carbons (Fsp3) is 0.923. The maximum atomic E-state index is 11.8. The van der Waals surface area contributed by atoms with Crippen molar-refractivity contribution in [3.8, 4) is 0 Å². The second kappa shape index (κ2) is 7.16. The molecule has 17 heavy (non-hydrogen) atoms. The van der Waals surface area contributed by atoms with Crippen molar-refractivity contribution in [1.82, 2.24) is 0 Å². The first-order valence-corrected chi connectivity index (χ1v) is 9.91. The molecule has 0 N–H and O–H groups in total. The number of hydrogen-bond donors (Lipinski definition) is 0. The van der Waals surface area contributed by atoms with E-state index in [-0.39, 0.29) is 5.97 Å². The molecule has 0 fully saturated rings. The molecule has 0 aliphatic rings. The van der Waals surface area contributed by atoms with E-state index < -0.39 is 13.7 Å². The molecule has 0 amide bonds. The highest BCUT2D eigenvalue weighted by atomic mass is 28.4. The van der Waals surface area contributed by atoms with E-state index in [2.05, 4.69) is 26.6 Å². The third-order valence-corrected chi connectivity index (χ3v) is 3.62. The van der Waals surface area contributed by atoms with Crippen LogP contribution in [0.15, 0.2) is 0 Å². The Labute approximate surface area is 107 Å². The molecule has 0 bridgehead atoms. The van der Waals surface area contributed by atoms with Crippen molar-refractivity contribution >= 4 is 14.3 Å². The van der Waals surface area contributed by atoms with Crippen LogP contribution in [0, 0.1) is 5.41 Å². The second-order valence-electron chi connectivity index (χ2n) is 6.08. The van der Waals surface area contributed by atoms with E-state index >= 15 is 0 Å². The molecule has 0 saturated carbocycles. The van der Waals surface area contributed by atoms with Gasteiger partial charge in [-0.15, -0.1) is 0 Å². The second-order valence-corrected chi connectivity index (χ2v) is 10.6. The minimum Gasteiger partial charge on any atom is -0.465 e. The topological polar surface area (TPSA) is 35.5 Å². The summed E-state index contributed by atoms with van der Waals surface area (Å²) in [5, 5.41) is 0. The molecule has 0 aromatic carbocycles. The normalized spacial score (nSPS) is 12.6. The first-order valence-electron chi connectivity index (χ1n) is 6.50. The zero-order valence-corrected chi connectivity index (χ0v) is 13.3. The van der Waals surface area contributed by atoms with E-state index in [9.17, 15) is 4.79 Å². The number of hydrogen-bond acceptors (Lipinski definition) is 3. The van der Waals surface area contributed by atoms with Crippen LogP contribution in [0.4, 0.5) is 0 Å². The fourth-order valence-electron chi connectivity index (χ4n) is 1.22. The van der Waals surface area contributed by atoms with Crippen LogP contribution in [-0.2, 0) is 14.0 Å². The maximum absolute atomic E-state index is 11.8. The summed E-state index contributed by atoms with van der Waals surface area (Å²) in [6, 6.07) is 0. The van der Waals surface area contributed by atoms with Gasteiger partial charge in [0.1, 0.15) is 0 Å². The molecule has 0 aromatic heterocycles. The third-order valence-electron chi connectivity index (χ3n) is 2.55. The smallest absolute Gasteiger partial charge is 0.311 e. The van der Waals surface area contributed by atoms with Crippen molar-refractivity contribution in [2.24, 2.45) is 5.41 Å². The Balaban J connectivity index is 3.96. The van der Waals surface area contributed by atoms with Gasteiger partial charge in [0.2, 0.25) is 0 Å². The van der Waals surface area contributed by atoms with Crippen molar-refractivity contribution < 1.29 is 14.0 Å². The molecule has 0 unspecified atom stereocenters. The van der Waals surface area contributed by atoms with Crippen LogP contribution in [0.2, 0.25) is 19.6 Å². The quantitative estimate of drug-likeness (QED) is 0.380. The van der Waals surface area contributed by atoms with E-state index in [1.807, 2.05) is 13.8 Å². The summed E-state index contributed by atoms with van der Waals surface area (Å²) in [4.78, 5) is 11.8. The highest BCUT2D eigenvalue weighted by Crippen LogP contribution is 2.23. The van der Waals surface area contributed by atoms with E-state index in [1.165, 1.54) is 0 Å². The van der Waals surface area contributed by atoms with E-state index in [0.29, 0.717) is 13.2 Å². The predicted octanol–water partition coefficient (Wildman–Crippen LogP) is 3.60. The molecule has 102 valence electrons. The van der Waals surface area contributed by atoms with Crippen molar-refractivity contribution in [3.63, 3.8) is 0 Å². The molecule has 0 radical (unpaired) electrons. The minimum atomic E-state index is -1.48. The van der Waals surface area contributed by atoms with Gasteiger partial charge in [-0.25, -0.2) is 0 Å². The Kier molecular flexibility index (Phi) is 7.01. The molecule has 0 heterocycles. The first kappa shape index (κ1) is 16.6. The van der Waals surface area contributed by atoms with Gasteiger partial charge >= 0.3 is 5.97 Å². The van der Waals surface area contributed by atoms with Gasteiger partial charge in [-0.2, -0.15) is 0 Å². The van der Waals surface area contributed by atoms with Crippen molar-refractivity contribution in [1.29, 1.82) is 0 Å². The molecule has 4 heteroatoms. The monoisotopic (exact) mass is 260 g/mol. The van der Waals surface area contributed by atoms with Gasteiger partial charge < -0.3 is 9.16 Å². The summed E-state index contributed by atoms with van der Waals surface area (Å²) >= 11 is 0. The molecule has 3 nitrogen and oxygen atoms in total. The van der Waals surface area contributed by atoms with Crippen molar-refractivity contribution in [2.75, 3.05) is 13.2 Å². The lowest BCUT2D eigenvalue weighted by atomic mass is 9.90. The summed E-state index contributed by atoms with van der Waals surface area (Å²) in [6.45, 7) is 13.6. The van der Waals surface area contributed by atoms with E-state index in [1.54, 1.807) is 0 Å². The summed E-state index contributed by atoms with van der Waals surface area (Å²) in [5.41, 5.74) is -0.437. The van der Waals surface area contributed by atoms with Crippen LogP contribution in [0.5, 0.6) is 0 Å². The highest BCUT2D eigenvalue weighted by Gasteiger charge is 2.29. The largest absolute Gasteiger partial charge is 0.465 e. The Bertz CT molecular complexity index is 231. The van der Waals surface area contributed by atoms with Gasteiger partial charge in [-0.05, 0) is 46.3 Å². The van der Waals surface area contributed by atoms with Gasteiger partial charge in [0.05, 0.1) is 12.0 Å². The molecule has 0 saturated heterocycles. The molecule has 0 aliphatic carbocycles. The Hall–Kier alpha value is -0.353. The number of carbonyl (C=O) groups is 1. The Morgan fingerprint density at radius 1 is 1.18 bits per heavy atom. The predicted molar refractivity (Wildman–Crippen MR) is 73.6 cm³/mol. The number of rotatable bonds is 8. The number of ether oxygens (including phenoxy) is 1. The Morgan fingerprint density at radius 3 is 2.24 bits per heavy atom. The molecule has 0 rings (SSSR count). The molecular weight excluding hydrogens is 232 g/mol. The molecule has 0 aliphatic heterocycles. The van der Waals surface area contributed by atoms with Crippen LogP contribution in [0.25, 0.3) is 0 Å². The number of carbonyl (C=O) groups excluding carboxylic acids is 1. The SMILES string of the molecule is CCCCOC(=O)C(C)(C)CCO[Si](C)(C)C. The molecular formula is C13H28O3Si. The van der Waals surface area contributed by atoms with Gasteiger partial charge in [0.25, 0.3) is 0 Å². The molecule has 0 aromatic rings. The maximum Gasteiger partial charge on any atom is 0.311 e. The van der Waals surface area contributed by atoms with E-state index in [4.69, 9.17) is 9.16 Å². The zero-order chi connectivity index (χ0) is 13.5. The van der Waals surface area contributed by atoms with Gasteiger partial charge in [0, 0.05) is 6.61 Å². The lowest BCUT2D eigenvalue weighted by Gasteiger charge is -2.25. The lowest BCUT2D eigenvalue weighted by Crippen LogP contribution is -2.32. The van der Waals surface area contributed by atoms with Crippen LogP contribution < -0.4 is 0 Å². The molecule has 0 spiro atoms. The lowest BCUT2D eigenvalue weighted by molar-refractivity contribution is -0.154. The van der Waals surface area contributed by atoms with E-state index in [0.717, 1.165) is 19.3 Å². The number of esters is 1. The standard InChI is InChI=1S/C13H28O3Si/c1-7-8-10-15-12(14)13(2,3)9-11-16-17(4,5)6/h7-11H2,1-6H3. The van der Waals surface area contributed by atoms with Crippen molar-refractivity contribution in [2.45, 2.75) is 59.7 Å². The summed E-state index contributed by atoms with van der Waals surface area (Å²) in [6.07, 6.45) is 2.71. The minimum absolute atomic E-state index is 0.106. The van der Waals surface area contributed by atoms with Crippen LogP contribution >= 0.6 is 0 Å².